The minimum absolute atomic E-state index is 0.222. The largest absolute Gasteiger partial charge is 0.369 e. The van der Waals surface area contributed by atoms with E-state index in [0.717, 1.165) is 31.9 Å². The lowest BCUT2D eigenvalue weighted by Crippen LogP contribution is -2.48. The first-order valence-corrected chi connectivity index (χ1v) is 13.7. The van der Waals surface area contributed by atoms with E-state index in [9.17, 15) is 4.79 Å². The smallest absolute Gasteiger partial charge is 0.278 e. The summed E-state index contributed by atoms with van der Waals surface area (Å²) in [5.41, 5.74) is 3.53. The van der Waals surface area contributed by atoms with Crippen molar-refractivity contribution in [1.29, 1.82) is 0 Å². The fourth-order valence-corrected chi connectivity index (χ4v) is 5.11. The minimum Gasteiger partial charge on any atom is -0.369 e. The van der Waals surface area contributed by atoms with Crippen LogP contribution in [-0.4, -0.2) is 71.4 Å². The van der Waals surface area contributed by atoms with Crippen LogP contribution in [0.5, 0.6) is 0 Å². The predicted molar refractivity (Wildman–Crippen MR) is 161 cm³/mol. The number of hydrogen-bond donors (Lipinski definition) is 1. The first-order valence-electron chi connectivity index (χ1n) is 13.7. The highest BCUT2D eigenvalue weighted by atomic mass is 16.1. The average Bonchev–Trinajstić information content (AvgIpc) is 3.28. The van der Waals surface area contributed by atoms with E-state index in [4.69, 9.17) is 9.97 Å². The molecule has 6 rings (SSSR count). The van der Waals surface area contributed by atoms with E-state index in [1.54, 1.807) is 40.2 Å². The number of pyridine rings is 1. The molecule has 0 bridgehead atoms. The quantitative estimate of drug-likeness (QED) is 0.289. The number of fused-ring (bicyclic) bond motifs is 1. The highest BCUT2D eigenvalue weighted by molar-refractivity contribution is 5.77. The van der Waals surface area contributed by atoms with Crippen LogP contribution in [0.1, 0.15) is 13.8 Å². The van der Waals surface area contributed by atoms with Crippen LogP contribution in [0.15, 0.2) is 84.7 Å². The van der Waals surface area contributed by atoms with Crippen molar-refractivity contribution in [2.75, 3.05) is 36.4 Å². The van der Waals surface area contributed by atoms with Crippen LogP contribution in [0.25, 0.3) is 28.2 Å². The molecule has 0 amide bonds. The highest BCUT2D eigenvalue weighted by Gasteiger charge is 2.20. The van der Waals surface area contributed by atoms with E-state index >= 15 is 0 Å². The molecule has 1 aliphatic rings. The Morgan fingerprint density at radius 2 is 1.76 bits per heavy atom. The summed E-state index contributed by atoms with van der Waals surface area (Å²) >= 11 is 0. The number of hydrogen-bond acceptors (Lipinski definition) is 9. The molecule has 1 fully saturated rings. The first-order chi connectivity index (χ1) is 20.0. The number of rotatable bonds is 8. The summed E-state index contributed by atoms with van der Waals surface area (Å²) in [6.07, 6.45) is 8.10. The topological polar surface area (TPSA) is 110 Å². The van der Waals surface area contributed by atoms with Crippen molar-refractivity contribution in [2.24, 2.45) is 0 Å². The van der Waals surface area contributed by atoms with Gasteiger partial charge in [0.1, 0.15) is 11.1 Å². The van der Waals surface area contributed by atoms with Gasteiger partial charge in [0.2, 0.25) is 5.95 Å². The lowest BCUT2D eigenvalue weighted by molar-refractivity contribution is 0.209. The third-order valence-electron chi connectivity index (χ3n) is 7.29. The fourth-order valence-electron chi connectivity index (χ4n) is 5.11. The molecule has 5 heterocycles. The molecule has 0 atom stereocenters. The maximum absolute atomic E-state index is 13.3. The van der Waals surface area contributed by atoms with E-state index in [1.165, 1.54) is 5.69 Å². The molecule has 11 nitrogen and oxygen atoms in total. The van der Waals surface area contributed by atoms with Gasteiger partial charge < -0.3 is 10.2 Å². The average molecular weight is 549 g/mol. The van der Waals surface area contributed by atoms with Crippen molar-refractivity contribution < 1.29 is 0 Å². The summed E-state index contributed by atoms with van der Waals surface area (Å²) in [7, 11) is 0. The van der Waals surface area contributed by atoms with Crippen LogP contribution < -0.4 is 15.8 Å². The lowest BCUT2D eigenvalue weighted by Gasteiger charge is -2.38. The molecule has 41 heavy (non-hydrogen) atoms. The normalized spacial score (nSPS) is 14.1. The molecule has 0 spiro atoms. The van der Waals surface area contributed by atoms with Crippen LogP contribution in [-0.2, 0) is 6.54 Å². The first kappa shape index (κ1) is 26.3. The molecule has 5 aromatic rings. The number of benzene rings is 1. The van der Waals surface area contributed by atoms with Gasteiger partial charge in [0.05, 0.1) is 18.4 Å². The zero-order valence-corrected chi connectivity index (χ0v) is 23.2. The van der Waals surface area contributed by atoms with Gasteiger partial charge in [-0.3, -0.25) is 19.7 Å². The lowest BCUT2D eigenvalue weighted by atomic mass is 10.2. The molecule has 1 aromatic carbocycles. The van der Waals surface area contributed by atoms with Crippen molar-refractivity contribution in [2.45, 2.75) is 26.4 Å². The summed E-state index contributed by atoms with van der Waals surface area (Å²) in [5, 5.41) is 3.68. The van der Waals surface area contributed by atoms with Gasteiger partial charge in [0, 0.05) is 62.2 Å². The number of piperazine rings is 1. The molecule has 0 aliphatic carbocycles. The monoisotopic (exact) mass is 548 g/mol. The zero-order chi connectivity index (χ0) is 28.3. The molecule has 0 radical (unpaired) electrons. The predicted octanol–water partition coefficient (Wildman–Crippen LogP) is 3.89. The van der Waals surface area contributed by atoms with Crippen LogP contribution in [0, 0.1) is 0 Å². The van der Waals surface area contributed by atoms with Gasteiger partial charge in [0.15, 0.2) is 11.5 Å². The van der Waals surface area contributed by atoms with Crippen LogP contribution in [0.3, 0.4) is 0 Å². The number of anilines is 3. The van der Waals surface area contributed by atoms with Crippen LogP contribution >= 0.6 is 0 Å². The van der Waals surface area contributed by atoms with Gasteiger partial charge in [-0.25, -0.2) is 19.3 Å². The van der Waals surface area contributed by atoms with E-state index < -0.39 is 0 Å². The second kappa shape index (κ2) is 11.3. The van der Waals surface area contributed by atoms with Gasteiger partial charge in [0.25, 0.3) is 5.56 Å². The maximum atomic E-state index is 13.3. The molecule has 1 N–H and O–H groups in total. The van der Waals surface area contributed by atoms with Crippen molar-refractivity contribution in [3.05, 3.63) is 90.3 Å². The van der Waals surface area contributed by atoms with E-state index in [1.807, 2.05) is 30.3 Å². The molecule has 11 heteroatoms. The molecule has 1 saturated heterocycles. The molecule has 4 aromatic heterocycles. The van der Waals surface area contributed by atoms with Crippen molar-refractivity contribution in [3.63, 3.8) is 0 Å². The fraction of sp³-hybridized carbons (Fsp3) is 0.267. The third kappa shape index (κ3) is 5.31. The standard InChI is InChI=1S/C30H32N10O/c1-4-14-39-29(41)24-19-33-30(34-22-8-10-23(11-9-22)38-17-15-37(16-18-38)21(2)3)36-28(24)40(39)27-7-5-6-25(35-27)26-20-31-12-13-32-26/h4-13,19-21H,1,14-18H2,2-3H3,(H,33,34,36). The Bertz CT molecular complexity index is 1720. The summed E-state index contributed by atoms with van der Waals surface area (Å²) in [6.45, 7) is 12.7. The Morgan fingerprint density at radius 1 is 0.951 bits per heavy atom. The SMILES string of the molecule is C=CCn1c(=O)c2cnc(Nc3ccc(N4CCN(C(C)C)CC4)cc3)nc2n1-c1cccc(-c2cnccn2)n1. The van der Waals surface area contributed by atoms with Gasteiger partial charge in [-0.15, -0.1) is 6.58 Å². The summed E-state index contributed by atoms with van der Waals surface area (Å²) in [6, 6.07) is 14.4. The van der Waals surface area contributed by atoms with Crippen molar-refractivity contribution in [3.8, 4) is 17.2 Å². The van der Waals surface area contributed by atoms with Crippen LogP contribution in [0.4, 0.5) is 17.3 Å². The molecule has 208 valence electrons. The van der Waals surface area contributed by atoms with Crippen LogP contribution in [0.2, 0.25) is 0 Å². The van der Waals surface area contributed by atoms with E-state index in [-0.39, 0.29) is 12.1 Å². The summed E-state index contributed by atoms with van der Waals surface area (Å²) < 4.78 is 3.25. The van der Waals surface area contributed by atoms with E-state index in [2.05, 4.69) is 62.6 Å². The van der Waals surface area contributed by atoms with Gasteiger partial charge >= 0.3 is 0 Å². The molecule has 0 saturated carbocycles. The Hall–Kier alpha value is -4.90. The molecule has 1 aliphatic heterocycles. The number of aromatic nitrogens is 7. The maximum Gasteiger partial charge on any atom is 0.278 e. The number of allylic oxidation sites excluding steroid dienone is 1. The van der Waals surface area contributed by atoms with Gasteiger partial charge in [-0.1, -0.05) is 12.1 Å². The summed E-state index contributed by atoms with van der Waals surface area (Å²) in [4.78, 5) is 40.7. The number of nitrogens with one attached hydrogen (secondary N) is 1. The second-order valence-electron chi connectivity index (χ2n) is 10.2. The number of nitrogens with zero attached hydrogens (tertiary/aromatic N) is 9. The second-order valence-corrected chi connectivity index (χ2v) is 10.2. The van der Waals surface area contributed by atoms with E-state index in [0.29, 0.717) is 40.2 Å². The molecular formula is C30H32N10O. The Morgan fingerprint density at radius 3 is 2.46 bits per heavy atom. The van der Waals surface area contributed by atoms with Crippen molar-refractivity contribution in [1.82, 2.24) is 39.2 Å². The third-order valence-corrected chi connectivity index (χ3v) is 7.29. The Labute approximate surface area is 237 Å². The highest BCUT2D eigenvalue weighted by Crippen LogP contribution is 2.23. The summed E-state index contributed by atoms with van der Waals surface area (Å²) in [5.74, 6) is 0.902. The molecule has 0 unspecified atom stereocenters. The van der Waals surface area contributed by atoms with Gasteiger partial charge in [-0.2, -0.15) is 4.98 Å². The Kier molecular flexibility index (Phi) is 7.26. The Balaban J connectivity index is 1.30. The zero-order valence-electron chi connectivity index (χ0n) is 23.2. The minimum atomic E-state index is -0.222. The molecular weight excluding hydrogens is 516 g/mol. The van der Waals surface area contributed by atoms with Crippen molar-refractivity contribution >= 4 is 28.4 Å². The van der Waals surface area contributed by atoms with Gasteiger partial charge in [-0.05, 0) is 50.2 Å².